The smallest absolute Gasteiger partial charge is 0.308 e. The maximum absolute atomic E-state index is 12.9. The fraction of sp³-hybridized carbons (Fsp3) is 0.941. The lowest BCUT2D eigenvalue weighted by atomic mass is 9.97. The van der Waals surface area contributed by atoms with Crippen molar-refractivity contribution < 1.29 is 88.7 Å². The van der Waals surface area contributed by atoms with Gasteiger partial charge in [-0.25, -0.2) is 0 Å². The summed E-state index contributed by atoms with van der Waals surface area (Å²) >= 11 is 0. The standard InChI is InChI=1S/C34H60O18/c1-3-5-7-9-11-13-21(36)46-16-19-24(39)27(42)30(45)33(49-19)52-31-28(43)25(40)20(50-34(31)51-22(37)14-12-10-8-6-4-2)17-47-32-29(44)26(41)23(38)18(15-35)48-32/h18-20,23-35,38-45H,3-17H2,1-2H3/t18-,19-,20-,23-,24-,25-,26+,27+,28+,29-,30-,31-,32-,33+,34+/m1/s1. The van der Waals surface area contributed by atoms with Crippen LogP contribution in [0.1, 0.15) is 90.9 Å². The summed E-state index contributed by atoms with van der Waals surface area (Å²) in [6, 6.07) is 0. The molecule has 0 aliphatic carbocycles. The van der Waals surface area contributed by atoms with E-state index in [0.717, 1.165) is 51.4 Å². The van der Waals surface area contributed by atoms with Crippen LogP contribution in [0.5, 0.6) is 0 Å². The minimum atomic E-state index is -1.91. The van der Waals surface area contributed by atoms with E-state index in [4.69, 9.17) is 33.2 Å². The van der Waals surface area contributed by atoms with Gasteiger partial charge in [0.15, 0.2) is 18.7 Å². The molecule has 3 rings (SSSR count). The van der Waals surface area contributed by atoms with Gasteiger partial charge in [0.2, 0.25) is 6.29 Å². The Labute approximate surface area is 303 Å². The lowest BCUT2D eigenvalue weighted by Gasteiger charge is -2.46. The Morgan fingerprint density at radius 2 is 1.00 bits per heavy atom. The monoisotopic (exact) mass is 756 g/mol. The van der Waals surface area contributed by atoms with Gasteiger partial charge in [-0.15, -0.1) is 0 Å². The molecule has 9 N–H and O–H groups in total. The van der Waals surface area contributed by atoms with Crippen LogP contribution in [-0.4, -0.2) is 170 Å². The number of aliphatic hydroxyl groups excluding tert-OH is 9. The van der Waals surface area contributed by atoms with E-state index >= 15 is 0 Å². The summed E-state index contributed by atoms with van der Waals surface area (Å²) in [5.74, 6) is -1.30. The van der Waals surface area contributed by atoms with Gasteiger partial charge in [-0.05, 0) is 12.8 Å². The molecule has 18 nitrogen and oxygen atoms in total. The Morgan fingerprint density at radius 3 is 1.60 bits per heavy atom. The van der Waals surface area contributed by atoms with Crippen molar-refractivity contribution in [2.45, 2.75) is 183 Å². The number of aliphatic hydroxyl groups is 9. The first-order valence-corrected chi connectivity index (χ1v) is 18.5. The van der Waals surface area contributed by atoms with Crippen LogP contribution in [-0.2, 0) is 42.7 Å². The summed E-state index contributed by atoms with van der Waals surface area (Å²) in [7, 11) is 0. The molecule has 0 aromatic heterocycles. The maximum atomic E-state index is 12.9. The van der Waals surface area contributed by atoms with Crippen LogP contribution in [0.2, 0.25) is 0 Å². The summed E-state index contributed by atoms with van der Waals surface area (Å²) in [5.41, 5.74) is 0. The number of hydrogen-bond donors (Lipinski definition) is 9. The van der Waals surface area contributed by atoms with Crippen LogP contribution in [0.15, 0.2) is 0 Å². The topological polar surface area (TPSA) is 281 Å². The van der Waals surface area contributed by atoms with Crippen molar-refractivity contribution in [3.05, 3.63) is 0 Å². The van der Waals surface area contributed by atoms with Gasteiger partial charge in [0, 0.05) is 12.8 Å². The third kappa shape index (κ3) is 12.7. The molecule has 3 fully saturated rings. The number of carbonyl (C=O) groups is 2. The van der Waals surface area contributed by atoms with Gasteiger partial charge < -0.3 is 79.1 Å². The molecule has 3 saturated heterocycles. The van der Waals surface area contributed by atoms with Crippen molar-refractivity contribution >= 4 is 11.9 Å². The average molecular weight is 757 g/mol. The van der Waals surface area contributed by atoms with Crippen LogP contribution in [0, 0.1) is 0 Å². The molecule has 0 bridgehead atoms. The molecule has 0 spiro atoms. The Kier molecular flexibility index (Phi) is 19.5. The number of esters is 2. The van der Waals surface area contributed by atoms with Gasteiger partial charge >= 0.3 is 11.9 Å². The first kappa shape index (κ1) is 44.8. The Bertz CT molecular complexity index is 1030. The van der Waals surface area contributed by atoms with E-state index in [1.807, 2.05) is 6.92 Å². The highest BCUT2D eigenvalue weighted by Gasteiger charge is 2.53. The van der Waals surface area contributed by atoms with Gasteiger partial charge in [-0.2, -0.15) is 0 Å². The molecular formula is C34H60O18. The molecule has 0 amide bonds. The molecule has 0 radical (unpaired) electrons. The minimum Gasteiger partial charge on any atom is -0.463 e. The van der Waals surface area contributed by atoms with Crippen molar-refractivity contribution in [2.75, 3.05) is 19.8 Å². The second kappa shape index (κ2) is 22.7. The number of unbranched alkanes of at least 4 members (excludes halogenated alkanes) is 8. The zero-order valence-corrected chi connectivity index (χ0v) is 30.0. The predicted molar refractivity (Wildman–Crippen MR) is 176 cm³/mol. The third-order valence-corrected chi connectivity index (χ3v) is 9.50. The first-order valence-electron chi connectivity index (χ1n) is 18.5. The van der Waals surface area contributed by atoms with E-state index in [0.29, 0.717) is 12.8 Å². The van der Waals surface area contributed by atoms with E-state index in [1.54, 1.807) is 0 Å². The highest BCUT2D eigenvalue weighted by atomic mass is 16.8. The number of carbonyl (C=O) groups excluding carboxylic acids is 2. The van der Waals surface area contributed by atoms with E-state index < -0.39 is 124 Å². The van der Waals surface area contributed by atoms with E-state index in [1.165, 1.54) is 0 Å². The Balaban J connectivity index is 1.70. The van der Waals surface area contributed by atoms with E-state index in [-0.39, 0.29) is 12.8 Å². The largest absolute Gasteiger partial charge is 0.463 e. The summed E-state index contributed by atoms with van der Waals surface area (Å²) in [5, 5.41) is 94.1. The zero-order chi connectivity index (χ0) is 38.4. The number of hydrogen-bond acceptors (Lipinski definition) is 18. The number of ether oxygens (including phenoxy) is 7. The normalized spacial score (nSPS) is 38.2. The van der Waals surface area contributed by atoms with Crippen LogP contribution < -0.4 is 0 Å². The van der Waals surface area contributed by atoms with Crippen molar-refractivity contribution in [3.63, 3.8) is 0 Å². The molecule has 0 saturated carbocycles. The maximum Gasteiger partial charge on any atom is 0.308 e. The zero-order valence-electron chi connectivity index (χ0n) is 30.0. The third-order valence-electron chi connectivity index (χ3n) is 9.50. The van der Waals surface area contributed by atoms with Crippen LogP contribution >= 0.6 is 0 Å². The van der Waals surface area contributed by atoms with Crippen molar-refractivity contribution in [2.24, 2.45) is 0 Å². The van der Waals surface area contributed by atoms with Crippen molar-refractivity contribution in [1.29, 1.82) is 0 Å². The Hall–Kier alpha value is -1.62. The van der Waals surface area contributed by atoms with Crippen LogP contribution in [0.4, 0.5) is 0 Å². The van der Waals surface area contributed by atoms with Gasteiger partial charge in [-0.3, -0.25) is 9.59 Å². The lowest BCUT2D eigenvalue weighted by Crippen LogP contribution is -2.65. The van der Waals surface area contributed by atoms with Gasteiger partial charge in [-0.1, -0.05) is 65.2 Å². The highest BCUT2D eigenvalue weighted by molar-refractivity contribution is 5.69. The quantitative estimate of drug-likeness (QED) is 0.0464. The van der Waals surface area contributed by atoms with E-state index in [9.17, 15) is 55.5 Å². The van der Waals surface area contributed by atoms with Crippen LogP contribution in [0.3, 0.4) is 0 Å². The molecule has 15 atom stereocenters. The molecule has 52 heavy (non-hydrogen) atoms. The fourth-order valence-corrected chi connectivity index (χ4v) is 6.18. The van der Waals surface area contributed by atoms with Crippen molar-refractivity contribution in [1.82, 2.24) is 0 Å². The van der Waals surface area contributed by atoms with Crippen LogP contribution in [0.25, 0.3) is 0 Å². The summed E-state index contributed by atoms with van der Waals surface area (Å²) < 4.78 is 38.8. The average Bonchev–Trinajstić information content (AvgIpc) is 3.13. The molecule has 0 aromatic carbocycles. The molecule has 3 heterocycles. The Morgan fingerprint density at radius 1 is 0.519 bits per heavy atom. The SMILES string of the molecule is CCCCCCCC(=O)OC[C@H]1O[C@@H](O[C@H]2[C@H](OC(=O)CCCCCCC)O[C@H](CO[C@@H]3O[C@H](CO)[C@@H](O)[C@H](O)[C@H]3O)[C@@H](O)[C@@H]2O)[C@H](O)[C@@H](O)[C@@H]1O. The minimum absolute atomic E-state index is 0.0273. The second-order valence-electron chi connectivity index (χ2n) is 13.7. The molecular weight excluding hydrogens is 696 g/mol. The predicted octanol–water partition coefficient (Wildman–Crippen LogP) is -1.75. The lowest BCUT2D eigenvalue weighted by molar-refractivity contribution is -0.367. The molecule has 0 aromatic rings. The second-order valence-corrected chi connectivity index (χ2v) is 13.7. The van der Waals surface area contributed by atoms with Crippen molar-refractivity contribution in [3.8, 4) is 0 Å². The molecule has 304 valence electrons. The molecule has 18 heteroatoms. The summed E-state index contributed by atoms with van der Waals surface area (Å²) in [6.45, 7) is 2.27. The summed E-state index contributed by atoms with van der Waals surface area (Å²) in [6.07, 6.45) is -16.7. The van der Waals surface area contributed by atoms with Gasteiger partial charge in [0.1, 0.15) is 73.8 Å². The fourth-order valence-electron chi connectivity index (χ4n) is 6.18. The highest BCUT2D eigenvalue weighted by Crippen LogP contribution is 2.31. The van der Waals surface area contributed by atoms with E-state index in [2.05, 4.69) is 6.92 Å². The first-order chi connectivity index (χ1) is 24.8. The van der Waals surface area contributed by atoms with Gasteiger partial charge in [0.05, 0.1) is 13.2 Å². The number of rotatable bonds is 21. The molecule has 3 aliphatic heterocycles. The van der Waals surface area contributed by atoms with Gasteiger partial charge in [0.25, 0.3) is 0 Å². The summed E-state index contributed by atoms with van der Waals surface area (Å²) in [4.78, 5) is 25.2. The molecule has 0 unspecified atom stereocenters. The molecule has 3 aliphatic rings.